The second-order valence-corrected chi connectivity index (χ2v) is 4.73. The zero-order valence-corrected chi connectivity index (χ0v) is 13.0. The van der Waals surface area contributed by atoms with Crippen molar-refractivity contribution in [3.63, 3.8) is 0 Å². The van der Waals surface area contributed by atoms with Crippen LogP contribution in [0.15, 0.2) is 17.7 Å². The maximum Gasteiger partial charge on any atom is 0.261 e. The van der Waals surface area contributed by atoms with Crippen LogP contribution in [0.3, 0.4) is 0 Å². The average molecular weight is 318 g/mol. The number of amides is 1. The second kappa shape index (κ2) is 8.06. The lowest BCUT2D eigenvalue weighted by atomic mass is 10.1. The molecule has 0 saturated heterocycles. The molecule has 0 aliphatic carbocycles. The zero-order valence-electron chi connectivity index (χ0n) is 13.0. The molecule has 0 spiro atoms. The highest BCUT2D eigenvalue weighted by Gasteiger charge is 2.20. The number of rotatable bonds is 7. The summed E-state index contributed by atoms with van der Waals surface area (Å²) in [6, 6.07) is 5.28. The fourth-order valence-electron chi connectivity index (χ4n) is 2.06. The van der Waals surface area contributed by atoms with Crippen LogP contribution in [0.25, 0.3) is 6.08 Å². The lowest BCUT2D eigenvalue weighted by Gasteiger charge is -2.07. The van der Waals surface area contributed by atoms with Crippen LogP contribution in [0.1, 0.15) is 12.0 Å². The predicted octanol–water partition coefficient (Wildman–Crippen LogP) is 1.48. The Morgan fingerprint density at radius 2 is 2.26 bits per heavy atom. The summed E-state index contributed by atoms with van der Waals surface area (Å²) in [6.07, 6.45) is 2.16. The first-order valence-electron chi connectivity index (χ1n) is 7.06. The maximum atomic E-state index is 12.0. The fourth-order valence-corrected chi connectivity index (χ4v) is 2.06. The van der Waals surface area contributed by atoms with Crippen molar-refractivity contribution in [1.29, 1.82) is 5.26 Å². The van der Waals surface area contributed by atoms with Gasteiger partial charge < -0.3 is 24.3 Å². The normalized spacial score (nSPS) is 12.7. The van der Waals surface area contributed by atoms with E-state index in [0.717, 1.165) is 0 Å². The Labute approximate surface area is 134 Å². The highest BCUT2D eigenvalue weighted by Crippen LogP contribution is 2.42. The molecule has 1 amide bonds. The van der Waals surface area contributed by atoms with Gasteiger partial charge in [0.05, 0.1) is 7.11 Å². The summed E-state index contributed by atoms with van der Waals surface area (Å²) in [5.74, 6) is 1.10. The zero-order chi connectivity index (χ0) is 16.7. The Morgan fingerprint density at radius 1 is 1.43 bits per heavy atom. The van der Waals surface area contributed by atoms with Crippen molar-refractivity contribution in [2.45, 2.75) is 6.42 Å². The van der Waals surface area contributed by atoms with Crippen molar-refractivity contribution in [3.05, 3.63) is 23.3 Å². The summed E-state index contributed by atoms with van der Waals surface area (Å²) in [5.41, 5.74) is 0.623. The van der Waals surface area contributed by atoms with Crippen LogP contribution in [-0.2, 0) is 9.53 Å². The van der Waals surface area contributed by atoms with Gasteiger partial charge in [0.1, 0.15) is 11.6 Å². The van der Waals surface area contributed by atoms with Gasteiger partial charge in [-0.2, -0.15) is 5.26 Å². The molecule has 1 aliphatic heterocycles. The molecule has 1 aromatic carbocycles. The number of ether oxygens (including phenoxy) is 4. The van der Waals surface area contributed by atoms with Crippen LogP contribution in [0.4, 0.5) is 0 Å². The summed E-state index contributed by atoms with van der Waals surface area (Å²) in [4.78, 5) is 12.0. The average Bonchev–Trinajstić information content (AvgIpc) is 3.04. The number of nitrogens with zero attached hydrogens (tertiary/aromatic N) is 1. The third-order valence-corrected chi connectivity index (χ3v) is 3.17. The third-order valence-electron chi connectivity index (χ3n) is 3.17. The number of carbonyl (C=O) groups is 1. The summed E-state index contributed by atoms with van der Waals surface area (Å²) < 4.78 is 20.8. The first-order chi connectivity index (χ1) is 11.2. The minimum absolute atomic E-state index is 0.00309. The fraction of sp³-hybridized carbons (Fsp3) is 0.375. The molecule has 0 bridgehead atoms. The molecule has 0 aromatic heterocycles. The minimum Gasteiger partial charge on any atom is -0.493 e. The van der Waals surface area contributed by atoms with Crippen LogP contribution in [0.2, 0.25) is 0 Å². The predicted molar refractivity (Wildman–Crippen MR) is 82.2 cm³/mol. The Hall–Kier alpha value is -2.72. The van der Waals surface area contributed by atoms with Gasteiger partial charge in [0, 0.05) is 20.3 Å². The minimum atomic E-state index is -0.430. The molecule has 23 heavy (non-hydrogen) atoms. The van der Waals surface area contributed by atoms with Crippen molar-refractivity contribution in [2.75, 3.05) is 34.2 Å². The first kappa shape index (κ1) is 16.6. The lowest BCUT2D eigenvalue weighted by Crippen LogP contribution is -2.26. The number of methoxy groups -OCH3 is 2. The van der Waals surface area contributed by atoms with Gasteiger partial charge in [-0.25, -0.2) is 0 Å². The second-order valence-electron chi connectivity index (χ2n) is 4.73. The number of hydrogen-bond acceptors (Lipinski definition) is 6. The largest absolute Gasteiger partial charge is 0.493 e. The van der Waals surface area contributed by atoms with E-state index < -0.39 is 5.91 Å². The molecule has 0 radical (unpaired) electrons. The van der Waals surface area contributed by atoms with E-state index in [-0.39, 0.29) is 12.4 Å². The van der Waals surface area contributed by atoms with Gasteiger partial charge in [0.25, 0.3) is 5.91 Å². The summed E-state index contributed by atoms with van der Waals surface area (Å²) in [5, 5.41) is 11.9. The number of carbonyl (C=O) groups excluding carboxylic acids is 1. The van der Waals surface area contributed by atoms with E-state index in [4.69, 9.17) is 18.9 Å². The van der Waals surface area contributed by atoms with E-state index in [9.17, 15) is 10.1 Å². The van der Waals surface area contributed by atoms with Crippen LogP contribution in [0.5, 0.6) is 17.2 Å². The van der Waals surface area contributed by atoms with E-state index in [0.29, 0.717) is 42.4 Å². The van der Waals surface area contributed by atoms with Crippen molar-refractivity contribution in [2.24, 2.45) is 0 Å². The molecule has 1 aliphatic rings. The molecular weight excluding hydrogens is 300 g/mol. The molecule has 122 valence electrons. The van der Waals surface area contributed by atoms with Crippen molar-refractivity contribution in [3.8, 4) is 23.3 Å². The quantitative estimate of drug-likeness (QED) is 0.465. The first-order valence-corrected chi connectivity index (χ1v) is 7.06. The van der Waals surface area contributed by atoms with Gasteiger partial charge in [-0.15, -0.1) is 0 Å². The monoisotopic (exact) mass is 318 g/mol. The molecule has 1 heterocycles. The van der Waals surface area contributed by atoms with E-state index >= 15 is 0 Å². The van der Waals surface area contributed by atoms with Crippen LogP contribution in [0, 0.1) is 11.3 Å². The number of fused-ring (bicyclic) bond motifs is 1. The molecule has 2 rings (SSSR count). The van der Waals surface area contributed by atoms with E-state index in [2.05, 4.69) is 5.32 Å². The van der Waals surface area contributed by atoms with Crippen LogP contribution < -0.4 is 19.5 Å². The van der Waals surface area contributed by atoms with E-state index in [1.54, 1.807) is 19.2 Å². The number of nitriles is 1. The van der Waals surface area contributed by atoms with Crippen molar-refractivity contribution < 1.29 is 23.7 Å². The molecule has 0 fully saturated rings. The summed E-state index contributed by atoms with van der Waals surface area (Å²) >= 11 is 0. The number of benzene rings is 1. The smallest absolute Gasteiger partial charge is 0.261 e. The third kappa shape index (κ3) is 4.14. The van der Waals surface area contributed by atoms with Gasteiger partial charge >= 0.3 is 0 Å². The molecule has 1 N–H and O–H groups in total. The highest BCUT2D eigenvalue weighted by atomic mass is 16.7. The molecule has 7 heteroatoms. The molecule has 1 aromatic rings. The number of hydrogen-bond donors (Lipinski definition) is 1. The summed E-state index contributed by atoms with van der Waals surface area (Å²) in [6.45, 7) is 1.10. The maximum absolute atomic E-state index is 12.0. The van der Waals surface area contributed by atoms with Crippen molar-refractivity contribution >= 4 is 12.0 Å². The molecular formula is C16H18N2O5. The molecule has 7 nitrogen and oxygen atoms in total. The Balaban J connectivity index is 2.15. The highest BCUT2D eigenvalue weighted by molar-refractivity contribution is 6.01. The molecule has 0 atom stereocenters. The number of nitrogens with one attached hydrogen (secondary N) is 1. The van der Waals surface area contributed by atoms with Crippen LogP contribution >= 0.6 is 0 Å². The SMILES string of the molecule is COCCCNC(=O)/C(C#N)=C/c1cc(OC)c2c(c1)OCO2. The van der Waals surface area contributed by atoms with E-state index in [1.165, 1.54) is 13.2 Å². The summed E-state index contributed by atoms with van der Waals surface area (Å²) in [7, 11) is 3.11. The van der Waals surface area contributed by atoms with E-state index in [1.807, 2.05) is 6.07 Å². The Bertz CT molecular complexity index is 649. The Kier molecular flexibility index (Phi) is 5.83. The van der Waals surface area contributed by atoms with Gasteiger partial charge in [0.2, 0.25) is 12.5 Å². The van der Waals surface area contributed by atoms with Crippen molar-refractivity contribution in [1.82, 2.24) is 5.32 Å². The van der Waals surface area contributed by atoms with Gasteiger partial charge in [-0.05, 0) is 30.2 Å². The lowest BCUT2D eigenvalue weighted by molar-refractivity contribution is -0.117. The van der Waals surface area contributed by atoms with Gasteiger partial charge in [-0.1, -0.05) is 0 Å². The van der Waals surface area contributed by atoms with Crippen LogP contribution in [-0.4, -0.2) is 40.1 Å². The Morgan fingerprint density at radius 3 is 2.96 bits per heavy atom. The topological polar surface area (TPSA) is 89.8 Å². The van der Waals surface area contributed by atoms with Gasteiger partial charge in [-0.3, -0.25) is 4.79 Å². The standard InChI is InChI=1S/C16H18N2O5/c1-20-5-3-4-18-16(19)12(9-17)6-11-7-13(21-2)15-14(8-11)22-10-23-15/h6-8H,3-5,10H2,1-2H3,(H,18,19)/b12-6+. The molecule has 0 saturated carbocycles. The molecule has 0 unspecified atom stereocenters. The van der Waals surface area contributed by atoms with Gasteiger partial charge in [0.15, 0.2) is 11.5 Å².